The maximum Gasteiger partial charge on any atom is 0.126 e. The molecule has 1 aliphatic carbocycles. The summed E-state index contributed by atoms with van der Waals surface area (Å²) in [7, 11) is 0. The largest absolute Gasteiger partial charge is 0.207 e. The topological polar surface area (TPSA) is 0 Å². The molecule has 1 atom stereocenters. The van der Waals surface area contributed by atoms with Crippen LogP contribution >= 0.6 is 0 Å². The van der Waals surface area contributed by atoms with E-state index >= 15 is 0 Å². The van der Waals surface area contributed by atoms with Gasteiger partial charge in [-0.2, -0.15) is 0 Å². The van der Waals surface area contributed by atoms with E-state index < -0.39 is 0 Å². The van der Waals surface area contributed by atoms with Crippen LogP contribution in [0.1, 0.15) is 60.9 Å². The Balaban J connectivity index is 1.57. The van der Waals surface area contributed by atoms with Crippen molar-refractivity contribution in [3.05, 3.63) is 82.2 Å². The van der Waals surface area contributed by atoms with Crippen LogP contribution in [-0.2, 0) is 32.1 Å². The van der Waals surface area contributed by atoms with E-state index in [1.165, 1.54) is 29.5 Å². The Morgan fingerprint density at radius 2 is 1.88 bits per heavy atom. The Kier molecular flexibility index (Phi) is 6.66. The third-order valence-corrected chi connectivity index (χ3v) is 5.78. The first-order chi connectivity index (χ1) is 12.7. The summed E-state index contributed by atoms with van der Waals surface area (Å²) in [4.78, 5) is 0. The number of hydrogen-bond acceptors (Lipinski definition) is 0. The van der Waals surface area contributed by atoms with Crippen LogP contribution in [0.2, 0.25) is 0 Å². The molecule has 0 saturated carbocycles. The number of hydrogen-bond donors (Lipinski definition) is 0. The number of allylic oxidation sites excluding steroid dienone is 2. The molecule has 3 rings (SSSR count). The molecule has 0 aromatic heterocycles. The first kappa shape index (κ1) is 18.9. The molecule has 0 bridgehead atoms. The predicted molar refractivity (Wildman–Crippen MR) is 109 cm³/mol. The summed E-state index contributed by atoms with van der Waals surface area (Å²) in [5.74, 6) is 0.660. The lowest BCUT2D eigenvalue weighted by Gasteiger charge is -2.25. The highest BCUT2D eigenvalue weighted by Gasteiger charge is 2.19. The molecule has 1 unspecified atom stereocenters. The lowest BCUT2D eigenvalue weighted by Crippen LogP contribution is -2.15. The van der Waals surface area contributed by atoms with Crippen LogP contribution in [0.3, 0.4) is 0 Å². The molecule has 0 aliphatic heterocycles. The van der Waals surface area contributed by atoms with Gasteiger partial charge in [-0.15, -0.1) is 0 Å². The molecule has 138 valence electrons. The third-order valence-electron chi connectivity index (χ3n) is 5.78. The second kappa shape index (κ2) is 9.16. The van der Waals surface area contributed by atoms with Gasteiger partial charge in [-0.3, -0.25) is 0 Å². The maximum atomic E-state index is 14.2. The summed E-state index contributed by atoms with van der Waals surface area (Å²) in [6.07, 6.45) is 13.0. The van der Waals surface area contributed by atoms with E-state index in [0.717, 1.165) is 49.7 Å². The van der Waals surface area contributed by atoms with E-state index in [-0.39, 0.29) is 5.82 Å². The van der Waals surface area contributed by atoms with Crippen molar-refractivity contribution in [1.29, 1.82) is 0 Å². The lowest BCUT2D eigenvalue weighted by molar-refractivity contribution is 0.423. The molecular formula is C25H31F. The van der Waals surface area contributed by atoms with Crippen LogP contribution in [-0.4, -0.2) is 0 Å². The minimum atomic E-state index is -0.0219. The van der Waals surface area contributed by atoms with Crippen molar-refractivity contribution in [3.63, 3.8) is 0 Å². The summed E-state index contributed by atoms with van der Waals surface area (Å²) < 4.78 is 14.2. The number of fused-ring (bicyclic) bond motifs is 1. The number of rotatable bonds is 7. The standard InChI is InChI=1S/C25H31F/c1-3-5-6-7-20-10-14-24-17-21(11-15-23(24)16-20)9-13-22-12-8-19(4-2)18-25(22)26/h3,5,8,10,12,14,16,18,21H,4,6-7,9,11,13,15,17H2,1-2H3/b5-3+. The van der Waals surface area contributed by atoms with E-state index in [9.17, 15) is 4.39 Å². The van der Waals surface area contributed by atoms with Gasteiger partial charge in [-0.1, -0.05) is 49.4 Å². The van der Waals surface area contributed by atoms with Gasteiger partial charge in [0.15, 0.2) is 0 Å². The van der Waals surface area contributed by atoms with Crippen LogP contribution < -0.4 is 0 Å². The predicted octanol–water partition coefficient (Wildman–Crippen LogP) is 6.63. The van der Waals surface area contributed by atoms with Crippen LogP contribution in [0.15, 0.2) is 48.6 Å². The van der Waals surface area contributed by atoms with Crippen molar-refractivity contribution in [1.82, 2.24) is 0 Å². The average Bonchev–Trinajstić information content (AvgIpc) is 2.67. The number of halogens is 1. The van der Waals surface area contributed by atoms with Gasteiger partial charge in [-0.05, 0) is 98.1 Å². The fraction of sp³-hybridized carbons (Fsp3) is 0.440. The minimum Gasteiger partial charge on any atom is -0.207 e. The summed E-state index contributed by atoms with van der Waals surface area (Å²) >= 11 is 0. The van der Waals surface area contributed by atoms with E-state index in [1.54, 1.807) is 6.07 Å². The summed E-state index contributed by atoms with van der Waals surface area (Å²) in [6.45, 7) is 4.15. The zero-order valence-corrected chi connectivity index (χ0v) is 16.2. The molecule has 0 amide bonds. The SMILES string of the molecule is C/C=C/CCc1ccc2c(c1)CCC(CCc1ccc(CC)cc1F)C2. The van der Waals surface area contributed by atoms with Gasteiger partial charge in [0.2, 0.25) is 0 Å². The van der Waals surface area contributed by atoms with Gasteiger partial charge in [0.05, 0.1) is 0 Å². The van der Waals surface area contributed by atoms with Crippen molar-refractivity contribution >= 4 is 0 Å². The Morgan fingerprint density at radius 1 is 1.04 bits per heavy atom. The van der Waals surface area contributed by atoms with Gasteiger partial charge in [0.1, 0.15) is 5.82 Å². The van der Waals surface area contributed by atoms with Crippen molar-refractivity contribution in [2.24, 2.45) is 5.92 Å². The Morgan fingerprint density at radius 3 is 2.65 bits per heavy atom. The van der Waals surface area contributed by atoms with E-state index in [2.05, 4.69) is 50.3 Å². The first-order valence-corrected chi connectivity index (χ1v) is 10.2. The third kappa shape index (κ3) is 4.84. The van der Waals surface area contributed by atoms with Gasteiger partial charge >= 0.3 is 0 Å². The molecule has 0 N–H and O–H groups in total. The minimum absolute atomic E-state index is 0.0219. The first-order valence-electron chi connectivity index (χ1n) is 10.2. The van der Waals surface area contributed by atoms with Crippen molar-refractivity contribution < 1.29 is 4.39 Å². The van der Waals surface area contributed by atoms with Gasteiger partial charge in [-0.25, -0.2) is 4.39 Å². The molecular weight excluding hydrogens is 319 g/mol. The van der Waals surface area contributed by atoms with E-state index in [4.69, 9.17) is 0 Å². The maximum absolute atomic E-state index is 14.2. The summed E-state index contributed by atoms with van der Waals surface area (Å²) in [6, 6.07) is 12.8. The lowest BCUT2D eigenvalue weighted by atomic mass is 9.80. The van der Waals surface area contributed by atoms with Gasteiger partial charge < -0.3 is 0 Å². The quantitative estimate of drug-likeness (QED) is 0.491. The van der Waals surface area contributed by atoms with Crippen molar-refractivity contribution in [3.8, 4) is 0 Å². The fourth-order valence-electron chi connectivity index (χ4n) is 4.08. The number of benzene rings is 2. The zero-order valence-electron chi connectivity index (χ0n) is 16.2. The van der Waals surface area contributed by atoms with Crippen molar-refractivity contribution in [2.45, 2.75) is 65.2 Å². The van der Waals surface area contributed by atoms with E-state index in [0.29, 0.717) is 5.92 Å². The van der Waals surface area contributed by atoms with Crippen LogP contribution in [0.5, 0.6) is 0 Å². The molecule has 1 heteroatoms. The molecule has 0 fully saturated rings. The highest BCUT2D eigenvalue weighted by Crippen LogP contribution is 2.30. The Hall–Kier alpha value is -1.89. The zero-order chi connectivity index (χ0) is 18.4. The number of aryl methyl sites for hydroxylation is 4. The monoisotopic (exact) mass is 350 g/mol. The van der Waals surface area contributed by atoms with Gasteiger partial charge in [0, 0.05) is 0 Å². The van der Waals surface area contributed by atoms with Crippen LogP contribution in [0.25, 0.3) is 0 Å². The van der Waals surface area contributed by atoms with E-state index in [1.807, 2.05) is 6.07 Å². The highest BCUT2D eigenvalue weighted by molar-refractivity contribution is 5.34. The average molecular weight is 351 g/mol. The molecule has 0 spiro atoms. The smallest absolute Gasteiger partial charge is 0.126 e. The molecule has 26 heavy (non-hydrogen) atoms. The Labute approximate surface area is 158 Å². The molecule has 2 aromatic rings. The molecule has 0 heterocycles. The molecule has 0 radical (unpaired) electrons. The summed E-state index contributed by atoms with van der Waals surface area (Å²) in [5, 5.41) is 0. The highest BCUT2D eigenvalue weighted by atomic mass is 19.1. The van der Waals surface area contributed by atoms with Crippen LogP contribution in [0, 0.1) is 11.7 Å². The molecule has 0 saturated heterocycles. The fourth-order valence-corrected chi connectivity index (χ4v) is 4.08. The normalized spacial score (nSPS) is 16.8. The second-order valence-electron chi connectivity index (χ2n) is 7.64. The molecule has 1 aliphatic rings. The molecule has 0 nitrogen and oxygen atoms in total. The van der Waals surface area contributed by atoms with Crippen LogP contribution in [0.4, 0.5) is 4.39 Å². The summed E-state index contributed by atoms with van der Waals surface area (Å²) in [5.41, 5.74) is 6.48. The molecule has 2 aromatic carbocycles. The van der Waals surface area contributed by atoms with Crippen molar-refractivity contribution in [2.75, 3.05) is 0 Å². The second-order valence-corrected chi connectivity index (χ2v) is 7.64. The Bertz CT molecular complexity index is 757. The van der Waals surface area contributed by atoms with Gasteiger partial charge in [0.25, 0.3) is 0 Å².